The first-order valence-corrected chi connectivity index (χ1v) is 16.9. The minimum atomic E-state index is -1.51. The number of likely N-dealkylation sites (tertiary alicyclic amines) is 1. The number of hydrogen-bond acceptors (Lipinski definition) is 10. The molecule has 1 saturated heterocycles. The van der Waals surface area contributed by atoms with Gasteiger partial charge in [0.1, 0.15) is 40.8 Å². The van der Waals surface area contributed by atoms with Crippen LogP contribution in [0.3, 0.4) is 0 Å². The van der Waals surface area contributed by atoms with E-state index in [0.29, 0.717) is 33.8 Å². The Balaban J connectivity index is 1.50. The molecular formula is C35H43N5O8S. The van der Waals surface area contributed by atoms with Gasteiger partial charge in [0.2, 0.25) is 11.8 Å². The molecule has 49 heavy (non-hydrogen) atoms. The topological polar surface area (TPSA) is 169 Å². The highest BCUT2D eigenvalue weighted by molar-refractivity contribution is 7.07. The molecule has 14 heteroatoms. The van der Waals surface area contributed by atoms with Gasteiger partial charge in [0, 0.05) is 35.2 Å². The third-order valence-electron chi connectivity index (χ3n) is 8.62. The summed E-state index contributed by atoms with van der Waals surface area (Å²) < 4.78 is 17.5. The molecule has 2 aromatic heterocycles. The highest BCUT2D eigenvalue weighted by Gasteiger charge is 2.61. The van der Waals surface area contributed by atoms with E-state index in [1.54, 1.807) is 72.4 Å². The van der Waals surface area contributed by atoms with Crippen LogP contribution in [0.2, 0.25) is 0 Å². The molecule has 0 spiro atoms. The maximum atomic E-state index is 14.4. The monoisotopic (exact) mass is 693 g/mol. The number of benzene rings is 1. The fraction of sp³-hybridized carbons (Fsp3) is 0.486. The van der Waals surface area contributed by atoms with Crippen molar-refractivity contribution in [2.24, 2.45) is 11.3 Å². The summed E-state index contributed by atoms with van der Waals surface area (Å²) in [5, 5.41) is 18.0. The number of carboxylic acids is 1. The fourth-order valence-electron chi connectivity index (χ4n) is 5.98. The van der Waals surface area contributed by atoms with Gasteiger partial charge in [-0.05, 0) is 44.7 Å². The fourth-order valence-corrected chi connectivity index (χ4v) is 6.53. The molecule has 5 rings (SSSR count). The van der Waals surface area contributed by atoms with Gasteiger partial charge in [-0.1, -0.05) is 26.8 Å². The summed E-state index contributed by atoms with van der Waals surface area (Å²) in [6.07, 6.45) is 0.282. The standard InChI is InChI=1S/C35H43N5O8S/c1-9-19-15-35(19,31(43)44)39-29(41)26-13-21(16-40(26)30(42)28(33(2,3)4)38-32(45)48-34(5,6)7)47-27-14-24(25-17-49-18-36-25)37-23-12-20(46-8)10-11-22(23)27/h9-12,14,17-19,21,26,28H,1,13,15-16H2,2-8H3,(H,38,45)(H,39,41)(H,43,44)/t19-,21+,26-,28+,35?/m0/s1. The zero-order chi connectivity index (χ0) is 35.9. The lowest BCUT2D eigenvalue weighted by atomic mass is 9.85. The molecule has 262 valence electrons. The van der Waals surface area contributed by atoms with Crippen LogP contribution in [0.4, 0.5) is 4.79 Å². The summed E-state index contributed by atoms with van der Waals surface area (Å²) in [7, 11) is 1.56. The van der Waals surface area contributed by atoms with Crippen LogP contribution >= 0.6 is 11.3 Å². The molecule has 2 fully saturated rings. The third-order valence-corrected chi connectivity index (χ3v) is 9.20. The Labute approximate surface area is 289 Å². The molecule has 3 heterocycles. The number of rotatable bonds is 10. The minimum absolute atomic E-state index is 0.0174. The maximum Gasteiger partial charge on any atom is 0.408 e. The summed E-state index contributed by atoms with van der Waals surface area (Å²) in [6.45, 7) is 14.2. The number of carbonyl (C=O) groups is 4. The van der Waals surface area contributed by atoms with Gasteiger partial charge in [-0.25, -0.2) is 19.6 Å². The first kappa shape index (κ1) is 35.6. The van der Waals surface area contributed by atoms with Crippen molar-refractivity contribution in [2.45, 2.75) is 83.7 Å². The van der Waals surface area contributed by atoms with E-state index in [4.69, 9.17) is 19.2 Å². The van der Waals surface area contributed by atoms with Gasteiger partial charge in [0.05, 0.1) is 36.1 Å². The molecule has 3 N–H and O–H groups in total. The molecule has 5 atom stereocenters. The number of hydrogen-bond donors (Lipinski definition) is 3. The average Bonchev–Trinajstić information content (AvgIpc) is 3.32. The second kappa shape index (κ2) is 13.3. The predicted molar refractivity (Wildman–Crippen MR) is 183 cm³/mol. The third kappa shape index (κ3) is 7.64. The number of thiazole rings is 1. The number of fused-ring (bicyclic) bond motifs is 1. The van der Waals surface area contributed by atoms with Crippen molar-refractivity contribution >= 4 is 46.1 Å². The lowest BCUT2D eigenvalue weighted by molar-refractivity contribution is -0.146. The molecule has 13 nitrogen and oxygen atoms in total. The van der Waals surface area contributed by atoms with E-state index >= 15 is 0 Å². The van der Waals surface area contributed by atoms with E-state index in [0.717, 1.165) is 0 Å². The number of ether oxygens (including phenoxy) is 3. The normalized spacial score (nSPS) is 22.6. The van der Waals surface area contributed by atoms with E-state index in [9.17, 15) is 24.3 Å². The summed E-state index contributed by atoms with van der Waals surface area (Å²) in [5.41, 5.74) is 0.421. The highest BCUT2D eigenvalue weighted by atomic mass is 32.1. The number of pyridine rings is 1. The van der Waals surface area contributed by atoms with Crippen molar-refractivity contribution in [3.8, 4) is 22.9 Å². The van der Waals surface area contributed by atoms with E-state index in [1.165, 1.54) is 22.3 Å². The number of nitrogens with one attached hydrogen (secondary N) is 2. The van der Waals surface area contributed by atoms with Crippen LogP contribution in [0.15, 0.2) is 47.8 Å². The Morgan fingerprint density at radius 3 is 2.45 bits per heavy atom. The molecule has 0 bridgehead atoms. The quantitative estimate of drug-likeness (QED) is 0.251. The predicted octanol–water partition coefficient (Wildman–Crippen LogP) is 4.80. The number of alkyl carbamates (subject to hydrolysis) is 1. The number of methoxy groups -OCH3 is 1. The van der Waals surface area contributed by atoms with Crippen LogP contribution in [0, 0.1) is 11.3 Å². The number of aromatic nitrogens is 2. The van der Waals surface area contributed by atoms with Crippen molar-refractivity contribution < 1.29 is 38.5 Å². The molecule has 1 unspecified atom stereocenters. The maximum absolute atomic E-state index is 14.4. The largest absolute Gasteiger partial charge is 0.497 e. The Morgan fingerprint density at radius 1 is 1.14 bits per heavy atom. The van der Waals surface area contributed by atoms with Gasteiger partial charge in [-0.3, -0.25) is 9.59 Å². The van der Waals surface area contributed by atoms with Crippen molar-refractivity contribution in [1.29, 1.82) is 0 Å². The molecular weight excluding hydrogens is 650 g/mol. The van der Waals surface area contributed by atoms with Gasteiger partial charge in [-0.15, -0.1) is 17.9 Å². The second-order valence-corrected chi connectivity index (χ2v) is 15.2. The average molecular weight is 694 g/mol. The lowest BCUT2D eigenvalue weighted by Crippen LogP contribution is -2.59. The number of nitrogens with zero attached hydrogens (tertiary/aromatic N) is 3. The first-order chi connectivity index (χ1) is 23.0. The van der Waals surface area contributed by atoms with Crippen LogP contribution in [0.5, 0.6) is 11.5 Å². The van der Waals surface area contributed by atoms with E-state index in [2.05, 4.69) is 22.2 Å². The molecule has 1 aliphatic heterocycles. The van der Waals surface area contributed by atoms with Gasteiger partial charge >= 0.3 is 12.1 Å². The van der Waals surface area contributed by atoms with Crippen molar-refractivity contribution in [1.82, 2.24) is 25.5 Å². The molecule has 0 radical (unpaired) electrons. The van der Waals surface area contributed by atoms with Crippen LogP contribution < -0.4 is 20.1 Å². The SMILES string of the molecule is C=C[C@H]1CC1(NC(=O)[C@@H]1C[C@@H](Oc2cc(-c3cscn3)nc3cc(OC)ccc23)CN1C(=O)[C@@H](NC(=O)OC(C)(C)C)C(C)(C)C)C(=O)O. The molecule has 1 aromatic carbocycles. The summed E-state index contributed by atoms with van der Waals surface area (Å²) in [5.74, 6) is -1.73. The van der Waals surface area contributed by atoms with Gasteiger partial charge in [0.25, 0.3) is 0 Å². The Morgan fingerprint density at radius 2 is 1.88 bits per heavy atom. The molecule has 3 amide bonds. The zero-order valence-electron chi connectivity index (χ0n) is 28.7. The van der Waals surface area contributed by atoms with Crippen LogP contribution in [-0.4, -0.2) is 86.8 Å². The van der Waals surface area contributed by atoms with Crippen molar-refractivity contribution in [3.05, 3.63) is 47.8 Å². The summed E-state index contributed by atoms with van der Waals surface area (Å²) in [4.78, 5) is 64.0. The number of aliphatic carboxylic acids is 1. The molecule has 1 saturated carbocycles. The zero-order valence-corrected chi connectivity index (χ0v) is 29.6. The molecule has 3 aromatic rings. The second-order valence-electron chi connectivity index (χ2n) is 14.5. The van der Waals surface area contributed by atoms with Crippen molar-refractivity contribution in [3.63, 3.8) is 0 Å². The van der Waals surface area contributed by atoms with Gasteiger partial charge in [0.15, 0.2) is 0 Å². The number of carbonyl (C=O) groups excluding carboxylic acids is 3. The van der Waals surface area contributed by atoms with Gasteiger partial charge < -0.3 is 34.9 Å². The Bertz CT molecular complexity index is 1770. The summed E-state index contributed by atoms with van der Waals surface area (Å²) in [6, 6.07) is 4.97. The lowest BCUT2D eigenvalue weighted by Gasteiger charge is -2.35. The van der Waals surface area contributed by atoms with E-state index in [-0.39, 0.29) is 19.4 Å². The first-order valence-electron chi connectivity index (χ1n) is 16.0. The van der Waals surface area contributed by atoms with Crippen LogP contribution in [-0.2, 0) is 19.1 Å². The number of amides is 3. The Kier molecular flexibility index (Phi) is 9.66. The van der Waals surface area contributed by atoms with E-state index in [1.807, 2.05) is 11.4 Å². The smallest absolute Gasteiger partial charge is 0.408 e. The summed E-state index contributed by atoms with van der Waals surface area (Å²) >= 11 is 1.43. The van der Waals surface area contributed by atoms with Crippen molar-refractivity contribution in [2.75, 3.05) is 13.7 Å². The van der Waals surface area contributed by atoms with Crippen LogP contribution in [0.1, 0.15) is 54.4 Å². The highest BCUT2D eigenvalue weighted by Crippen LogP contribution is 2.45. The molecule has 1 aliphatic carbocycles. The Hall–Kier alpha value is -4.72. The minimum Gasteiger partial charge on any atom is -0.497 e. The van der Waals surface area contributed by atoms with Crippen LogP contribution in [0.25, 0.3) is 22.3 Å². The number of carboxylic acid groups (broad SMARTS) is 1. The van der Waals surface area contributed by atoms with E-state index < -0.39 is 64.5 Å². The molecule has 2 aliphatic rings. The van der Waals surface area contributed by atoms with Gasteiger partial charge in [-0.2, -0.15) is 0 Å².